The van der Waals surface area contributed by atoms with E-state index in [9.17, 15) is 0 Å². The highest BCUT2D eigenvalue weighted by atomic mass is 16.5. The number of aryl methyl sites for hydroxylation is 1. The highest BCUT2D eigenvalue weighted by Crippen LogP contribution is 2.07. The van der Waals surface area contributed by atoms with E-state index in [0.717, 1.165) is 30.3 Å². The second-order valence-corrected chi connectivity index (χ2v) is 3.83. The molecule has 0 amide bonds. The molecule has 0 bridgehead atoms. The summed E-state index contributed by atoms with van der Waals surface area (Å²) in [6.07, 6.45) is 5.60. The molecule has 17 heavy (non-hydrogen) atoms. The van der Waals surface area contributed by atoms with E-state index in [4.69, 9.17) is 4.74 Å². The lowest BCUT2D eigenvalue weighted by Crippen LogP contribution is -2.04. The third kappa shape index (κ3) is 3.32. The number of methoxy groups -OCH3 is 1. The second kappa shape index (κ2) is 5.49. The number of nitrogens with zero attached hydrogens (tertiary/aromatic N) is 3. The van der Waals surface area contributed by atoms with E-state index in [1.165, 1.54) is 0 Å². The SMILES string of the molecule is COCCn1cc(NCc2cnc(C)[nH]2)cn1. The molecule has 2 rings (SSSR count). The maximum atomic E-state index is 4.99. The Morgan fingerprint density at radius 2 is 2.35 bits per heavy atom. The summed E-state index contributed by atoms with van der Waals surface area (Å²) in [6, 6.07) is 0. The second-order valence-electron chi connectivity index (χ2n) is 3.83. The van der Waals surface area contributed by atoms with Crippen molar-refractivity contribution in [3.8, 4) is 0 Å². The van der Waals surface area contributed by atoms with E-state index in [1.807, 2.05) is 24.0 Å². The zero-order valence-electron chi connectivity index (χ0n) is 10.1. The monoisotopic (exact) mass is 235 g/mol. The van der Waals surface area contributed by atoms with Crippen LogP contribution in [0, 0.1) is 6.92 Å². The van der Waals surface area contributed by atoms with Crippen molar-refractivity contribution in [3.63, 3.8) is 0 Å². The first-order chi connectivity index (χ1) is 8.28. The first-order valence-electron chi connectivity index (χ1n) is 5.53. The van der Waals surface area contributed by atoms with Crippen molar-refractivity contribution in [3.05, 3.63) is 30.1 Å². The normalized spacial score (nSPS) is 10.7. The van der Waals surface area contributed by atoms with E-state index < -0.39 is 0 Å². The molecule has 0 fully saturated rings. The van der Waals surface area contributed by atoms with E-state index in [2.05, 4.69) is 20.4 Å². The summed E-state index contributed by atoms with van der Waals surface area (Å²) in [5.74, 6) is 0.928. The zero-order valence-corrected chi connectivity index (χ0v) is 10.1. The Morgan fingerprint density at radius 1 is 1.47 bits per heavy atom. The Bertz CT molecular complexity index is 462. The summed E-state index contributed by atoms with van der Waals surface area (Å²) < 4.78 is 6.84. The van der Waals surface area contributed by atoms with Crippen molar-refractivity contribution >= 4 is 5.69 Å². The molecule has 0 atom stereocenters. The molecule has 0 radical (unpaired) electrons. The highest BCUT2D eigenvalue weighted by Gasteiger charge is 2.00. The summed E-state index contributed by atoms with van der Waals surface area (Å²) in [5.41, 5.74) is 2.06. The molecule has 0 aliphatic carbocycles. The third-order valence-electron chi connectivity index (χ3n) is 2.40. The van der Waals surface area contributed by atoms with Crippen molar-refractivity contribution < 1.29 is 4.74 Å². The molecule has 0 aromatic carbocycles. The largest absolute Gasteiger partial charge is 0.383 e. The van der Waals surface area contributed by atoms with Gasteiger partial charge in [-0.3, -0.25) is 4.68 Å². The zero-order chi connectivity index (χ0) is 12.1. The maximum absolute atomic E-state index is 4.99. The quantitative estimate of drug-likeness (QED) is 0.788. The van der Waals surface area contributed by atoms with Gasteiger partial charge in [0.2, 0.25) is 0 Å². The molecule has 0 aliphatic rings. The molecule has 0 saturated heterocycles. The number of nitrogens with one attached hydrogen (secondary N) is 2. The van der Waals surface area contributed by atoms with Crippen LogP contribution in [0.3, 0.4) is 0 Å². The van der Waals surface area contributed by atoms with Crippen LogP contribution in [0.4, 0.5) is 5.69 Å². The molecule has 0 aliphatic heterocycles. The van der Waals surface area contributed by atoms with Crippen molar-refractivity contribution in [1.82, 2.24) is 19.7 Å². The Hall–Kier alpha value is -1.82. The van der Waals surface area contributed by atoms with Gasteiger partial charge in [0.05, 0.1) is 43.5 Å². The summed E-state index contributed by atoms with van der Waals surface area (Å²) in [4.78, 5) is 7.31. The van der Waals surface area contributed by atoms with Gasteiger partial charge < -0.3 is 15.0 Å². The lowest BCUT2D eigenvalue weighted by Gasteiger charge is -2.01. The molecule has 2 heterocycles. The molecule has 0 saturated carbocycles. The number of ether oxygens (including phenoxy) is 1. The van der Waals surface area contributed by atoms with Gasteiger partial charge in [-0.1, -0.05) is 0 Å². The molecular formula is C11H17N5O. The van der Waals surface area contributed by atoms with Crippen molar-refractivity contribution in [2.45, 2.75) is 20.0 Å². The Kier molecular flexibility index (Phi) is 3.77. The smallest absolute Gasteiger partial charge is 0.103 e. The number of imidazole rings is 1. The number of H-pyrrole nitrogens is 1. The first-order valence-corrected chi connectivity index (χ1v) is 5.53. The number of rotatable bonds is 6. The van der Waals surface area contributed by atoms with Crippen LogP contribution in [0.5, 0.6) is 0 Å². The fourth-order valence-corrected chi connectivity index (χ4v) is 1.52. The van der Waals surface area contributed by atoms with Crippen LogP contribution in [0.2, 0.25) is 0 Å². The molecule has 6 nitrogen and oxygen atoms in total. The van der Waals surface area contributed by atoms with Crippen LogP contribution in [0.15, 0.2) is 18.6 Å². The number of aromatic amines is 1. The lowest BCUT2D eigenvalue weighted by atomic mass is 10.4. The van der Waals surface area contributed by atoms with E-state index in [-0.39, 0.29) is 0 Å². The molecule has 2 N–H and O–H groups in total. The van der Waals surface area contributed by atoms with Crippen LogP contribution in [0.1, 0.15) is 11.5 Å². The fraction of sp³-hybridized carbons (Fsp3) is 0.455. The molecular weight excluding hydrogens is 218 g/mol. The first kappa shape index (κ1) is 11.7. The van der Waals surface area contributed by atoms with Gasteiger partial charge in [0.15, 0.2) is 0 Å². The van der Waals surface area contributed by atoms with Gasteiger partial charge in [-0.25, -0.2) is 4.98 Å². The summed E-state index contributed by atoms with van der Waals surface area (Å²) in [6.45, 7) is 4.09. The van der Waals surface area contributed by atoms with Gasteiger partial charge >= 0.3 is 0 Å². The van der Waals surface area contributed by atoms with Gasteiger partial charge in [0, 0.05) is 13.3 Å². The number of anilines is 1. The minimum absolute atomic E-state index is 0.668. The standard InChI is InChI=1S/C11H17N5O/c1-9-12-5-10(15-9)6-13-11-7-14-16(8-11)3-4-17-2/h5,7-8,13H,3-4,6H2,1-2H3,(H,12,15). The molecule has 2 aromatic rings. The van der Waals surface area contributed by atoms with Gasteiger partial charge in [-0.15, -0.1) is 0 Å². The van der Waals surface area contributed by atoms with Crippen molar-refractivity contribution in [2.75, 3.05) is 19.0 Å². The minimum atomic E-state index is 0.668. The number of hydrogen-bond acceptors (Lipinski definition) is 4. The highest BCUT2D eigenvalue weighted by molar-refractivity contribution is 5.38. The predicted octanol–water partition coefficient (Wildman–Crippen LogP) is 1.17. The van der Waals surface area contributed by atoms with Crippen LogP contribution in [0.25, 0.3) is 0 Å². The molecule has 6 heteroatoms. The maximum Gasteiger partial charge on any atom is 0.103 e. The van der Waals surface area contributed by atoms with Gasteiger partial charge in [-0.05, 0) is 6.92 Å². The van der Waals surface area contributed by atoms with E-state index >= 15 is 0 Å². The van der Waals surface area contributed by atoms with Crippen LogP contribution in [-0.4, -0.2) is 33.5 Å². The average molecular weight is 235 g/mol. The van der Waals surface area contributed by atoms with Gasteiger partial charge in [0.25, 0.3) is 0 Å². The fourth-order valence-electron chi connectivity index (χ4n) is 1.52. The van der Waals surface area contributed by atoms with E-state index in [0.29, 0.717) is 6.61 Å². The van der Waals surface area contributed by atoms with Gasteiger partial charge in [0.1, 0.15) is 5.82 Å². The average Bonchev–Trinajstić information content (AvgIpc) is 2.93. The molecule has 0 spiro atoms. The summed E-state index contributed by atoms with van der Waals surface area (Å²) in [7, 11) is 1.68. The molecule has 92 valence electrons. The lowest BCUT2D eigenvalue weighted by molar-refractivity contribution is 0.183. The summed E-state index contributed by atoms with van der Waals surface area (Å²) >= 11 is 0. The predicted molar refractivity (Wildman–Crippen MR) is 64.8 cm³/mol. The van der Waals surface area contributed by atoms with Crippen molar-refractivity contribution in [1.29, 1.82) is 0 Å². The summed E-state index contributed by atoms with van der Waals surface area (Å²) in [5, 5.41) is 7.50. The van der Waals surface area contributed by atoms with Crippen molar-refractivity contribution in [2.24, 2.45) is 0 Å². The Labute approximate surface area is 100 Å². The molecule has 0 unspecified atom stereocenters. The molecule has 2 aromatic heterocycles. The van der Waals surface area contributed by atoms with Crippen LogP contribution >= 0.6 is 0 Å². The number of aromatic nitrogens is 4. The topological polar surface area (TPSA) is 67.8 Å². The third-order valence-corrected chi connectivity index (χ3v) is 2.40. The Balaban J connectivity index is 1.84. The minimum Gasteiger partial charge on any atom is -0.383 e. The van der Waals surface area contributed by atoms with E-state index in [1.54, 1.807) is 13.3 Å². The van der Waals surface area contributed by atoms with Crippen LogP contribution < -0.4 is 5.32 Å². The van der Waals surface area contributed by atoms with Gasteiger partial charge in [-0.2, -0.15) is 5.10 Å². The van der Waals surface area contributed by atoms with Crippen LogP contribution in [-0.2, 0) is 17.8 Å². The Morgan fingerprint density at radius 3 is 3.06 bits per heavy atom. The number of hydrogen-bond donors (Lipinski definition) is 2.